The molecule has 0 aliphatic rings. The maximum atomic E-state index is 5.58. The van der Waals surface area contributed by atoms with Gasteiger partial charge < -0.3 is 14.8 Å². The van der Waals surface area contributed by atoms with Crippen LogP contribution in [0.3, 0.4) is 0 Å². The number of benzene rings is 1. The Hall–Kier alpha value is -1.36. The molecule has 1 aromatic carbocycles. The van der Waals surface area contributed by atoms with Gasteiger partial charge in [-0.05, 0) is 36.1 Å². The van der Waals surface area contributed by atoms with Crippen LogP contribution < -0.4 is 10.1 Å². The molecule has 2 rings (SSSR count). The van der Waals surface area contributed by atoms with E-state index in [0.29, 0.717) is 13.2 Å². The minimum atomic E-state index is 0.601. The molecule has 1 N–H and O–H groups in total. The zero-order chi connectivity index (χ0) is 14.0. The first-order chi connectivity index (χ1) is 9.88. The molecule has 0 amide bonds. The van der Waals surface area contributed by atoms with E-state index in [2.05, 4.69) is 35.0 Å². The van der Waals surface area contributed by atoms with Crippen molar-refractivity contribution in [3.63, 3.8) is 0 Å². The standard InChI is InChI=1S/C16H21NO2S/c1-2-18-9-10-19-15-7-5-14(6-8-15)12-17-13-16-4-3-11-20-16/h3-8,11,17H,2,9-10,12-13H2,1H3. The van der Waals surface area contributed by atoms with Crippen LogP contribution in [0, 0.1) is 0 Å². The predicted molar refractivity (Wildman–Crippen MR) is 83.3 cm³/mol. The van der Waals surface area contributed by atoms with Gasteiger partial charge in [-0.1, -0.05) is 18.2 Å². The highest BCUT2D eigenvalue weighted by Crippen LogP contribution is 2.13. The molecular weight excluding hydrogens is 270 g/mol. The first-order valence-corrected chi connectivity index (χ1v) is 7.79. The summed E-state index contributed by atoms with van der Waals surface area (Å²) < 4.78 is 10.8. The van der Waals surface area contributed by atoms with E-state index in [1.807, 2.05) is 19.1 Å². The molecule has 0 saturated heterocycles. The lowest BCUT2D eigenvalue weighted by Gasteiger charge is -2.08. The van der Waals surface area contributed by atoms with Crippen LogP contribution in [-0.4, -0.2) is 19.8 Å². The molecule has 108 valence electrons. The molecule has 2 aromatic rings. The van der Waals surface area contributed by atoms with E-state index in [0.717, 1.165) is 25.4 Å². The normalized spacial score (nSPS) is 10.7. The van der Waals surface area contributed by atoms with Crippen LogP contribution >= 0.6 is 11.3 Å². The Morgan fingerprint density at radius 1 is 1.05 bits per heavy atom. The summed E-state index contributed by atoms with van der Waals surface area (Å²) in [5, 5.41) is 5.54. The van der Waals surface area contributed by atoms with Crippen molar-refractivity contribution in [2.75, 3.05) is 19.8 Å². The van der Waals surface area contributed by atoms with Crippen molar-refractivity contribution in [3.8, 4) is 5.75 Å². The summed E-state index contributed by atoms with van der Waals surface area (Å²) in [6.45, 7) is 5.75. The summed E-state index contributed by atoms with van der Waals surface area (Å²) in [6, 6.07) is 12.4. The minimum absolute atomic E-state index is 0.601. The molecule has 0 atom stereocenters. The summed E-state index contributed by atoms with van der Waals surface area (Å²) in [7, 11) is 0. The number of rotatable bonds is 9. The van der Waals surface area contributed by atoms with Gasteiger partial charge in [0.2, 0.25) is 0 Å². The van der Waals surface area contributed by atoms with Crippen LogP contribution in [0.2, 0.25) is 0 Å². The van der Waals surface area contributed by atoms with Crippen molar-refractivity contribution in [1.29, 1.82) is 0 Å². The third-order valence-electron chi connectivity index (χ3n) is 2.83. The molecule has 0 radical (unpaired) electrons. The Morgan fingerprint density at radius 2 is 1.90 bits per heavy atom. The van der Waals surface area contributed by atoms with Crippen LogP contribution in [0.5, 0.6) is 5.75 Å². The van der Waals surface area contributed by atoms with E-state index < -0.39 is 0 Å². The Labute approximate surface area is 124 Å². The zero-order valence-electron chi connectivity index (χ0n) is 11.8. The summed E-state index contributed by atoms with van der Waals surface area (Å²) in [5.41, 5.74) is 1.26. The maximum absolute atomic E-state index is 5.58. The van der Waals surface area contributed by atoms with Crippen molar-refractivity contribution in [2.24, 2.45) is 0 Å². The molecule has 1 aromatic heterocycles. The molecule has 0 aliphatic carbocycles. The van der Waals surface area contributed by atoms with Gasteiger partial charge in [-0.2, -0.15) is 0 Å². The van der Waals surface area contributed by atoms with Gasteiger partial charge in [0.05, 0.1) is 6.61 Å². The van der Waals surface area contributed by atoms with Crippen molar-refractivity contribution >= 4 is 11.3 Å². The average Bonchev–Trinajstić information content (AvgIpc) is 2.98. The Kier molecular flexibility index (Phi) is 6.57. The van der Waals surface area contributed by atoms with E-state index in [-0.39, 0.29) is 0 Å². The first-order valence-electron chi connectivity index (χ1n) is 6.91. The molecule has 0 saturated carbocycles. The van der Waals surface area contributed by atoms with Crippen molar-refractivity contribution in [1.82, 2.24) is 5.32 Å². The number of nitrogens with one attached hydrogen (secondary N) is 1. The molecule has 0 bridgehead atoms. The van der Waals surface area contributed by atoms with E-state index in [9.17, 15) is 0 Å². The lowest BCUT2D eigenvalue weighted by molar-refractivity contribution is 0.110. The van der Waals surface area contributed by atoms with E-state index in [1.165, 1.54) is 10.4 Å². The lowest BCUT2D eigenvalue weighted by Crippen LogP contribution is -2.11. The van der Waals surface area contributed by atoms with Crippen LogP contribution in [0.4, 0.5) is 0 Å². The van der Waals surface area contributed by atoms with E-state index in [1.54, 1.807) is 11.3 Å². The van der Waals surface area contributed by atoms with Gasteiger partial charge in [0.15, 0.2) is 0 Å². The van der Waals surface area contributed by atoms with Crippen LogP contribution in [0.1, 0.15) is 17.4 Å². The molecular formula is C16H21NO2S. The monoisotopic (exact) mass is 291 g/mol. The van der Waals surface area contributed by atoms with Gasteiger partial charge in [0.1, 0.15) is 12.4 Å². The van der Waals surface area contributed by atoms with Gasteiger partial charge in [-0.15, -0.1) is 11.3 Å². The largest absolute Gasteiger partial charge is 0.491 e. The van der Waals surface area contributed by atoms with Crippen LogP contribution in [0.25, 0.3) is 0 Å². The highest BCUT2D eigenvalue weighted by molar-refractivity contribution is 7.09. The third kappa shape index (κ3) is 5.33. The molecule has 0 spiro atoms. The van der Waals surface area contributed by atoms with Crippen LogP contribution in [0.15, 0.2) is 41.8 Å². The smallest absolute Gasteiger partial charge is 0.119 e. The number of ether oxygens (including phenoxy) is 2. The molecule has 0 fully saturated rings. The second-order valence-electron chi connectivity index (χ2n) is 4.37. The van der Waals surface area contributed by atoms with Gasteiger partial charge in [-0.3, -0.25) is 0 Å². The highest BCUT2D eigenvalue weighted by atomic mass is 32.1. The summed E-state index contributed by atoms with van der Waals surface area (Å²) in [4.78, 5) is 1.36. The Bertz CT molecular complexity index is 468. The topological polar surface area (TPSA) is 30.5 Å². The third-order valence-corrected chi connectivity index (χ3v) is 3.71. The minimum Gasteiger partial charge on any atom is -0.491 e. The molecule has 1 heterocycles. The Morgan fingerprint density at radius 3 is 2.60 bits per heavy atom. The summed E-state index contributed by atoms with van der Waals surface area (Å²) in [5.74, 6) is 0.895. The number of hydrogen-bond acceptors (Lipinski definition) is 4. The Balaban J connectivity index is 1.68. The lowest BCUT2D eigenvalue weighted by atomic mass is 10.2. The van der Waals surface area contributed by atoms with Crippen molar-refractivity contribution in [2.45, 2.75) is 20.0 Å². The maximum Gasteiger partial charge on any atom is 0.119 e. The molecule has 20 heavy (non-hydrogen) atoms. The number of hydrogen-bond donors (Lipinski definition) is 1. The van der Waals surface area contributed by atoms with E-state index in [4.69, 9.17) is 9.47 Å². The van der Waals surface area contributed by atoms with Crippen LogP contribution in [-0.2, 0) is 17.8 Å². The van der Waals surface area contributed by atoms with Crippen molar-refractivity contribution in [3.05, 3.63) is 52.2 Å². The highest BCUT2D eigenvalue weighted by Gasteiger charge is 1.97. The van der Waals surface area contributed by atoms with Crippen molar-refractivity contribution < 1.29 is 9.47 Å². The molecule has 3 nitrogen and oxygen atoms in total. The van der Waals surface area contributed by atoms with E-state index >= 15 is 0 Å². The van der Waals surface area contributed by atoms with Gasteiger partial charge in [0, 0.05) is 24.6 Å². The summed E-state index contributed by atoms with van der Waals surface area (Å²) >= 11 is 1.78. The zero-order valence-corrected chi connectivity index (χ0v) is 12.6. The fourth-order valence-electron chi connectivity index (χ4n) is 1.81. The summed E-state index contributed by atoms with van der Waals surface area (Å²) in [6.07, 6.45) is 0. The number of thiophene rings is 1. The fourth-order valence-corrected chi connectivity index (χ4v) is 2.48. The molecule has 4 heteroatoms. The average molecular weight is 291 g/mol. The second-order valence-corrected chi connectivity index (χ2v) is 5.40. The van der Waals surface area contributed by atoms with Gasteiger partial charge >= 0.3 is 0 Å². The van der Waals surface area contributed by atoms with Gasteiger partial charge in [0.25, 0.3) is 0 Å². The molecule has 0 aliphatic heterocycles. The fraction of sp³-hybridized carbons (Fsp3) is 0.375. The SMILES string of the molecule is CCOCCOc1ccc(CNCc2cccs2)cc1. The quantitative estimate of drug-likeness (QED) is 0.718. The first kappa shape index (κ1) is 15.0. The second kappa shape index (κ2) is 8.74. The predicted octanol–water partition coefficient (Wildman–Crippen LogP) is 3.45. The molecule has 0 unspecified atom stereocenters. The van der Waals surface area contributed by atoms with Gasteiger partial charge in [-0.25, -0.2) is 0 Å².